The predicted molar refractivity (Wildman–Crippen MR) is 249 cm³/mol. The largest absolute Gasteiger partial charge is 0.455 e. The molecule has 0 fully saturated rings. The van der Waals surface area contributed by atoms with Gasteiger partial charge in [-0.05, 0) is 99.8 Å². The normalized spacial score (nSPS) is 14.4. The van der Waals surface area contributed by atoms with Crippen LogP contribution < -0.4 is 4.90 Å². The molecule has 8 aromatic carbocycles. The van der Waals surface area contributed by atoms with Gasteiger partial charge in [-0.3, -0.25) is 4.90 Å². The number of furan rings is 2. The highest BCUT2D eigenvalue weighted by Crippen LogP contribution is 2.66. The molecule has 288 valence electrons. The average molecular weight is 788 g/mol. The van der Waals surface area contributed by atoms with E-state index >= 15 is 0 Å². The van der Waals surface area contributed by atoms with Gasteiger partial charge in [-0.2, -0.15) is 0 Å². The second-order valence-corrected chi connectivity index (χ2v) is 16.2. The lowest BCUT2D eigenvalue weighted by molar-refractivity contribution is 0.665. The van der Waals surface area contributed by atoms with Gasteiger partial charge in [0.2, 0.25) is 0 Å². The van der Waals surface area contributed by atoms with Crippen molar-refractivity contribution in [3.8, 4) is 33.4 Å². The molecule has 0 saturated carbocycles. The van der Waals surface area contributed by atoms with E-state index in [0.29, 0.717) is 22.5 Å². The van der Waals surface area contributed by atoms with Crippen LogP contribution in [0.3, 0.4) is 0 Å². The number of anilines is 3. The summed E-state index contributed by atoms with van der Waals surface area (Å²) >= 11 is 0. The number of aromatic nitrogens is 1. The first-order chi connectivity index (χ1) is 32.2. The van der Waals surface area contributed by atoms with E-state index in [1.807, 2.05) is 49.4 Å². The molecule has 0 N–H and O–H groups in total. The van der Waals surface area contributed by atoms with Crippen molar-refractivity contribution in [1.82, 2.24) is 4.98 Å². The quantitative estimate of drug-likeness (QED) is 0.174. The molecule has 3 heterocycles. The summed E-state index contributed by atoms with van der Waals surface area (Å²) in [6, 6.07) is 48.8. The Morgan fingerprint density at radius 3 is 1.97 bits per heavy atom. The molecule has 0 unspecified atom stereocenters. The molecule has 0 aliphatic heterocycles. The van der Waals surface area contributed by atoms with Crippen LogP contribution >= 0.6 is 0 Å². The number of fused-ring (bicyclic) bond motifs is 18. The first-order valence-electron chi connectivity index (χ1n) is 23.3. The van der Waals surface area contributed by atoms with Crippen LogP contribution in [0, 0.1) is 6.92 Å². The first kappa shape index (κ1) is 29.5. The highest BCUT2D eigenvalue weighted by atomic mass is 16.3. The minimum absolute atomic E-state index is 0.0756. The molecule has 2 aliphatic rings. The van der Waals surface area contributed by atoms with E-state index in [1.165, 1.54) is 0 Å². The zero-order valence-electron chi connectivity index (χ0n) is 38.4. The van der Waals surface area contributed by atoms with Crippen molar-refractivity contribution in [3.05, 3.63) is 215 Å². The Labute approximate surface area is 360 Å². The number of hydrogen-bond acceptors (Lipinski definition) is 4. The maximum absolute atomic E-state index is 9.24. The second kappa shape index (κ2) is 12.7. The van der Waals surface area contributed by atoms with Gasteiger partial charge in [0.05, 0.1) is 23.3 Å². The maximum Gasteiger partial charge on any atom is 0.145 e. The number of hydrogen-bond donors (Lipinski definition) is 0. The Morgan fingerprint density at radius 2 is 1.23 bits per heavy atom. The summed E-state index contributed by atoms with van der Waals surface area (Å²) in [6.45, 7) is 4.03. The molecule has 0 radical (unpaired) electrons. The topological polar surface area (TPSA) is 42.4 Å². The molecule has 1 spiro atoms. The van der Waals surface area contributed by atoms with E-state index in [-0.39, 0.29) is 17.6 Å². The molecule has 2 aliphatic carbocycles. The number of pyridine rings is 1. The average Bonchev–Trinajstić information content (AvgIpc) is 4.09. The number of benzene rings is 8. The molecule has 0 amide bonds. The molecule has 4 heteroatoms. The fourth-order valence-electron chi connectivity index (χ4n) is 10.5. The smallest absolute Gasteiger partial charge is 0.145 e. The van der Waals surface area contributed by atoms with Gasteiger partial charge in [0.1, 0.15) is 28.1 Å². The minimum atomic E-state index is -0.818. The fraction of sp³-hybridized carbons (Fsp3) is 0.0702. The minimum Gasteiger partial charge on any atom is -0.455 e. The zero-order chi connectivity index (χ0) is 44.7. The van der Waals surface area contributed by atoms with Crippen molar-refractivity contribution in [2.45, 2.75) is 25.7 Å². The lowest BCUT2D eigenvalue weighted by Gasteiger charge is -2.32. The summed E-state index contributed by atoms with van der Waals surface area (Å²) in [7, 11) is 0. The fourth-order valence-corrected chi connectivity index (χ4v) is 10.5. The van der Waals surface area contributed by atoms with Gasteiger partial charge in [0, 0.05) is 44.7 Å². The SMILES string of the molecule is [2H]c1c([2H])c([2H])c(-c2cc(C)cnc2N(c2ccc(CC)cc2)c2cc3c(c4oc5ccccc5c24)-c2c(ccc4c2oc2ccccc24)C32c3ccccc3-c3ccccc32)c([2H])c1[2H]. The van der Waals surface area contributed by atoms with Crippen molar-refractivity contribution >= 4 is 61.1 Å². The molecular formula is C57H38N2O2. The molecule has 0 saturated heterocycles. The summed E-state index contributed by atoms with van der Waals surface area (Å²) in [5.74, 6) is 0.409. The standard InChI is InChI=1S/C57H38N2O2/c1-3-35-25-27-37(28-26-35)59(56-43(31-34(2)33-58-56)36-15-5-4-6-16-36)48-32-47-53(55-51(48)42-20-10-14-24-50(42)61-55)52-46(30-29-41-40-19-9-13-23-49(40)60-54(41)52)57(47)44-21-11-7-17-38(44)39-18-8-12-22-45(39)57/h4-33H,3H2,1-2H3/i4D,5D,6D,15D,16D. The zero-order valence-corrected chi connectivity index (χ0v) is 33.4. The number of para-hydroxylation sites is 2. The van der Waals surface area contributed by atoms with Crippen molar-refractivity contribution in [2.24, 2.45) is 0 Å². The number of aryl methyl sites for hydroxylation is 2. The van der Waals surface area contributed by atoms with E-state index in [4.69, 9.17) is 17.9 Å². The van der Waals surface area contributed by atoms with E-state index in [2.05, 4.69) is 115 Å². The molecule has 11 aromatic rings. The highest BCUT2D eigenvalue weighted by Gasteiger charge is 2.54. The van der Waals surface area contributed by atoms with Crippen LogP contribution in [0.15, 0.2) is 191 Å². The third-order valence-corrected chi connectivity index (χ3v) is 13.0. The van der Waals surface area contributed by atoms with Gasteiger partial charge in [-0.25, -0.2) is 4.98 Å². The van der Waals surface area contributed by atoms with Crippen LogP contribution in [0.2, 0.25) is 0 Å². The van der Waals surface area contributed by atoms with Gasteiger partial charge < -0.3 is 8.83 Å². The van der Waals surface area contributed by atoms with Gasteiger partial charge in [0.25, 0.3) is 0 Å². The summed E-state index contributed by atoms with van der Waals surface area (Å²) in [5, 5.41) is 3.79. The van der Waals surface area contributed by atoms with Crippen LogP contribution in [0.4, 0.5) is 17.2 Å². The molecular weight excluding hydrogens is 745 g/mol. The van der Waals surface area contributed by atoms with Gasteiger partial charge in [0.15, 0.2) is 0 Å². The van der Waals surface area contributed by atoms with Crippen LogP contribution in [-0.4, -0.2) is 4.98 Å². The van der Waals surface area contributed by atoms with E-state index < -0.39 is 23.5 Å². The first-order valence-corrected chi connectivity index (χ1v) is 20.8. The van der Waals surface area contributed by atoms with E-state index in [9.17, 15) is 2.74 Å². The van der Waals surface area contributed by atoms with Gasteiger partial charge >= 0.3 is 0 Å². The number of rotatable bonds is 5. The molecule has 61 heavy (non-hydrogen) atoms. The second-order valence-electron chi connectivity index (χ2n) is 16.2. The van der Waals surface area contributed by atoms with Crippen molar-refractivity contribution in [2.75, 3.05) is 4.90 Å². The Kier molecular flexibility index (Phi) is 6.12. The Balaban J connectivity index is 1.24. The van der Waals surface area contributed by atoms with Crippen LogP contribution in [-0.2, 0) is 11.8 Å². The summed E-state index contributed by atoms with van der Waals surface area (Å²) < 4.78 is 58.7. The summed E-state index contributed by atoms with van der Waals surface area (Å²) in [4.78, 5) is 7.29. The summed E-state index contributed by atoms with van der Waals surface area (Å²) in [6.07, 6.45) is 2.61. The Bertz CT molecular complexity index is 3830. The van der Waals surface area contributed by atoms with Crippen molar-refractivity contribution in [3.63, 3.8) is 0 Å². The van der Waals surface area contributed by atoms with E-state index in [0.717, 1.165) is 106 Å². The Hall–Kier alpha value is -7.69. The van der Waals surface area contributed by atoms with Crippen LogP contribution in [0.1, 0.15) is 47.2 Å². The molecule has 0 atom stereocenters. The van der Waals surface area contributed by atoms with Crippen LogP contribution in [0.5, 0.6) is 0 Å². The lowest BCUT2D eigenvalue weighted by atomic mass is 9.70. The van der Waals surface area contributed by atoms with Crippen molar-refractivity contribution < 1.29 is 15.7 Å². The molecule has 0 bridgehead atoms. The number of nitrogens with zero attached hydrogens (tertiary/aromatic N) is 2. The highest BCUT2D eigenvalue weighted by molar-refractivity contribution is 6.23. The Morgan fingerprint density at radius 1 is 0.590 bits per heavy atom. The molecule has 13 rings (SSSR count). The monoisotopic (exact) mass is 787 g/mol. The third kappa shape index (κ3) is 4.56. The lowest BCUT2D eigenvalue weighted by Crippen LogP contribution is -2.26. The maximum atomic E-state index is 9.24. The predicted octanol–water partition coefficient (Wildman–Crippen LogP) is 15.2. The molecule has 3 aromatic heterocycles. The third-order valence-electron chi connectivity index (χ3n) is 13.0. The van der Waals surface area contributed by atoms with Gasteiger partial charge in [-0.15, -0.1) is 0 Å². The van der Waals surface area contributed by atoms with Gasteiger partial charge in [-0.1, -0.05) is 146 Å². The van der Waals surface area contributed by atoms with Crippen molar-refractivity contribution in [1.29, 1.82) is 0 Å². The molecule has 4 nitrogen and oxygen atoms in total. The van der Waals surface area contributed by atoms with Crippen LogP contribution in [0.25, 0.3) is 77.3 Å². The van der Waals surface area contributed by atoms with E-state index in [1.54, 1.807) is 6.20 Å². The summed E-state index contributed by atoms with van der Waals surface area (Å²) in [5.41, 5.74) is 14.7.